The summed E-state index contributed by atoms with van der Waals surface area (Å²) in [5, 5.41) is 0. The van der Waals surface area contributed by atoms with Crippen LogP contribution in [0, 0.1) is 0 Å². The first-order valence-corrected chi connectivity index (χ1v) is 11.5. The third kappa shape index (κ3) is 11.1. The van der Waals surface area contributed by atoms with E-state index in [1.807, 2.05) is 24.3 Å². The fourth-order valence-corrected chi connectivity index (χ4v) is 2.88. The van der Waals surface area contributed by atoms with Gasteiger partial charge in [0.2, 0.25) is 23.1 Å². The summed E-state index contributed by atoms with van der Waals surface area (Å²) >= 11 is 7.65. The van der Waals surface area contributed by atoms with E-state index in [-0.39, 0.29) is 31.6 Å². The van der Waals surface area contributed by atoms with E-state index < -0.39 is 23.1 Å². The zero-order chi connectivity index (χ0) is 26.3. The van der Waals surface area contributed by atoms with Crippen LogP contribution in [-0.4, -0.2) is 27.5 Å². The second kappa shape index (κ2) is 17.2. The number of carbonyl (C=O) groups excluding carboxylic acids is 4. The molecule has 4 rings (SSSR count). The summed E-state index contributed by atoms with van der Waals surface area (Å²) in [6.45, 7) is 0. The Balaban J connectivity index is 0.000000316. The van der Waals surface area contributed by atoms with Crippen molar-refractivity contribution in [3.05, 3.63) is 144 Å². The number of hydrogen-bond acceptors (Lipinski definition) is 5. The van der Waals surface area contributed by atoms with Crippen LogP contribution in [0.1, 0.15) is 41.4 Å². The van der Waals surface area contributed by atoms with Crippen molar-refractivity contribution >= 4 is 52.3 Å². The molecular weight excluding hydrogens is 603 g/mol. The fraction of sp³-hybridized carbons (Fsp3) is 0. The Kier molecular flexibility index (Phi) is 14.8. The molecule has 8 heteroatoms. The van der Waals surface area contributed by atoms with E-state index in [4.69, 9.17) is 5.73 Å². The van der Waals surface area contributed by atoms with Crippen molar-refractivity contribution in [3.8, 4) is 0 Å². The molecule has 182 valence electrons. The second-order valence-electron chi connectivity index (χ2n) is 7.12. The third-order valence-corrected chi connectivity index (χ3v) is 4.56. The zero-order valence-corrected chi connectivity index (χ0v) is 25.6. The van der Waals surface area contributed by atoms with Crippen LogP contribution in [0.5, 0.6) is 0 Å². The first-order valence-electron chi connectivity index (χ1n) is 10.7. The van der Waals surface area contributed by atoms with Gasteiger partial charge in [-0.15, -0.1) is 12.6 Å². The number of benzene rings is 4. The summed E-state index contributed by atoms with van der Waals surface area (Å²) in [6, 6.07) is 34.3. The van der Waals surface area contributed by atoms with Gasteiger partial charge in [0.15, 0.2) is 0 Å². The van der Waals surface area contributed by atoms with E-state index in [0.717, 1.165) is 0 Å². The minimum absolute atomic E-state index is 0. The van der Waals surface area contributed by atoms with Crippen LogP contribution >= 0.6 is 24.8 Å². The summed E-state index contributed by atoms with van der Waals surface area (Å²) in [5.41, 5.74) is 6.42. The van der Waals surface area contributed by atoms with Crippen LogP contribution in [0.25, 0.3) is 0 Å². The summed E-state index contributed by atoms with van der Waals surface area (Å²) in [7, 11) is 0. The van der Waals surface area contributed by atoms with Gasteiger partial charge in [-0.25, -0.2) is 0 Å². The topological polar surface area (TPSA) is 94.3 Å². The Morgan fingerprint density at radius 3 is 0.730 bits per heavy atom. The van der Waals surface area contributed by atoms with Gasteiger partial charge in [0.05, 0.1) is 0 Å². The predicted octanol–water partition coefficient (Wildman–Crippen LogP) is 5.66. The van der Waals surface area contributed by atoms with Gasteiger partial charge in [-0.3, -0.25) is 19.2 Å². The number of ketones is 4. The Morgan fingerprint density at radius 2 is 0.595 bits per heavy atom. The molecule has 4 aromatic carbocycles. The third-order valence-electron chi connectivity index (χ3n) is 4.56. The maximum atomic E-state index is 11.8. The molecule has 0 amide bonds. The van der Waals surface area contributed by atoms with E-state index in [9.17, 15) is 19.2 Å². The molecule has 0 heterocycles. The molecule has 0 saturated heterocycles. The molecule has 0 fully saturated rings. The van der Waals surface area contributed by atoms with Gasteiger partial charge in [-0.1, -0.05) is 134 Å². The van der Waals surface area contributed by atoms with Crippen molar-refractivity contribution in [1.29, 1.82) is 0 Å². The maximum Gasteiger partial charge on any atom is 0.233 e. The monoisotopic (exact) mass is 627 g/mol. The average Bonchev–Trinajstić information content (AvgIpc) is 2.93. The van der Waals surface area contributed by atoms with Gasteiger partial charge in [-0.05, 0) is 0 Å². The van der Waals surface area contributed by atoms with Crippen LogP contribution in [0.15, 0.2) is 121 Å². The van der Waals surface area contributed by atoms with Gasteiger partial charge >= 0.3 is 0 Å². The van der Waals surface area contributed by atoms with Gasteiger partial charge in [-0.2, -0.15) is 0 Å². The molecule has 0 bridgehead atoms. The Hall–Kier alpha value is -3.28. The molecule has 0 unspecified atom stereocenters. The molecule has 0 saturated carbocycles. The van der Waals surface area contributed by atoms with Crippen LogP contribution < -0.4 is 5.73 Å². The molecular formula is C29H23CdNO4S2. The van der Waals surface area contributed by atoms with Crippen LogP contribution in [-0.2, 0) is 27.3 Å². The Morgan fingerprint density at radius 1 is 0.459 bits per heavy atom. The number of rotatable bonds is 6. The minimum atomic E-state index is -0.466. The fourth-order valence-electron chi connectivity index (χ4n) is 2.88. The van der Waals surface area contributed by atoms with E-state index in [0.29, 0.717) is 22.3 Å². The number of Topliss-reactive ketones (excluding diaryl/α,β-unsaturated/α-hetero) is 4. The SMILES string of the molecule is NC(=S)S.O=C(C(=O)c1ccccc1)c1ccccc1.O=C(C(=O)c1ccccc1)c1ccccc1.[Cd]. The normalized spacial score (nSPS) is 9.11. The van der Waals surface area contributed by atoms with Gasteiger partial charge < -0.3 is 5.73 Å². The van der Waals surface area contributed by atoms with Gasteiger partial charge in [0.25, 0.3) is 0 Å². The number of thiol groups is 1. The van der Waals surface area contributed by atoms with Crippen LogP contribution in [0.4, 0.5) is 0 Å². The number of thiocarbonyl (C=S) groups is 1. The van der Waals surface area contributed by atoms with Crippen molar-refractivity contribution in [2.24, 2.45) is 5.73 Å². The van der Waals surface area contributed by atoms with Crippen molar-refractivity contribution in [2.45, 2.75) is 0 Å². The molecule has 5 nitrogen and oxygen atoms in total. The zero-order valence-electron chi connectivity index (χ0n) is 19.8. The van der Waals surface area contributed by atoms with E-state index in [1.54, 1.807) is 97.1 Å². The second-order valence-corrected chi connectivity index (χ2v) is 8.34. The smallest absolute Gasteiger partial charge is 0.233 e. The number of nitrogens with two attached hydrogens (primary N) is 1. The molecule has 0 aliphatic heterocycles. The largest absolute Gasteiger partial charge is 0.385 e. The summed E-state index contributed by atoms with van der Waals surface area (Å²) < 4.78 is 0.194. The van der Waals surface area contributed by atoms with Gasteiger partial charge in [0, 0.05) is 49.6 Å². The quantitative estimate of drug-likeness (QED) is 0.0944. The molecule has 2 N–H and O–H groups in total. The summed E-state index contributed by atoms with van der Waals surface area (Å²) in [5.74, 6) is -1.86. The minimum Gasteiger partial charge on any atom is -0.385 e. The Labute approximate surface area is 246 Å². The van der Waals surface area contributed by atoms with E-state index >= 15 is 0 Å². The molecule has 0 aliphatic rings. The number of carbonyl (C=O) groups is 4. The molecule has 0 atom stereocenters. The van der Waals surface area contributed by atoms with Crippen LogP contribution in [0.2, 0.25) is 0 Å². The van der Waals surface area contributed by atoms with E-state index in [2.05, 4.69) is 24.8 Å². The maximum absolute atomic E-state index is 11.8. The van der Waals surface area contributed by atoms with E-state index in [1.165, 1.54) is 0 Å². The Bertz CT molecular complexity index is 1120. The first kappa shape index (κ1) is 31.8. The predicted molar refractivity (Wildman–Crippen MR) is 149 cm³/mol. The summed E-state index contributed by atoms with van der Waals surface area (Å²) in [6.07, 6.45) is 0. The molecule has 0 aliphatic carbocycles. The molecule has 0 spiro atoms. The molecule has 37 heavy (non-hydrogen) atoms. The van der Waals surface area contributed by atoms with Crippen molar-refractivity contribution in [1.82, 2.24) is 0 Å². The first-order chi connectivity index (χ1) is 17.3. The van der Waals surface area contributed by atoms with Crippen molar-refractivity contribution in [3.63, 3.8) is 0 Å². The van der Waals surface area contributed by atoms with Crippen molar-refractivity contribution < 1.29 is 46.5 Å². The summed E-state index contributed by atoms with van der Waals surface area (Å²) in [4.78, 5) is 47.2. The molecule has 0 aromatic heterocycles. The standard InChI is InChI=1S/2C14H10O2.CH3NS2.Cd/c2*15-13(11-7-3-1-4-8-11)14(16)12-9-5-2-6-10-12;2-1(3)4;/h2*1-10H;(H3,2,3,4);. The van der Waals surface area contributed by atoms with Crippen LogP contribution in [0.3, 0.4) is 0 Å². The molecule has 0 radical (unpaired) electrons. The molecule has 4 aromatic rings. The average molecular weight is 626 g/mol. The van der Waals surface area contributed by atoms with Crippen molar-refractivity contribution in [2.75, 3.05) is 0 Å². The number of hydrogen-bond donors (Lipinski definition) is 2. The van der Waals surface area contributed by atoms with Gasteiger partial charge in [0.1, 0.15) is 4.32 Å².